The van der Waals surface area contributed by atoms with Crippen molar-refractivity contribution in [2.45, 2.75) is 37.6 Å². The summed E-state index contributed by atoms with van der Waals surface area (Å²) in [5.74, 6) is 0.615. The smallest absolute Gasteiger partial charge is 0.223 e. The van der Waals surface area contributed by atoms with Crippen LogP contribution in [0.15, 0.2) is 41.4 Å². The van der Waals surface area contributed by atoms with E-state index in [4.69, 9.17) is 5.26 Å². The molecule has 1 aromatic carbocycles. The van der Waals surface area contributed by atoms with E-state index < -0.39 is 0 Å². The fourth-order valence-corrected chi connectivity index (χ4v) is 3.68. The lowest BCUT2D eigenvalue weighted by Crippen LogP contribution is -2.06. The molecule has 0 atom stereocenters. The molecule has 0 amide bonds. The third-order valence-electron chi connectivity index (χ3n) is 4.52. The van der Waals surface area contributed by atoms with Gasteiger partial charge in [-0.2, -0.15) is 15.0 Å². The average molecular weight is 377 g/mol. The average Bonchev–Trinajstić information content (AvgIpc) is 3.45. The van der Waals surface area contributed by atoms with E-state index in [-0.39, 0.29) is 5.88 Å². The zero-order valence-corrected chi connectivity index (χ0v) is 15.9. The highest BCUT2D eigenvalue weighted by atomic mass is 32.2. The molecule has 1 fully saturated rings. The Labute approximate surface area is 162 Å². The summed E-state index contributed by atoms with van der Waals surface area (Å²) in [5, 5.41) is 24.2. The van der Waals surface area contributed by atoms with E-state index >= 15 is 0 Å². The molecule has 2 aromatic heterocycles. The van der Waals surface area contributed by atoms with Gasteiger partial charge in [0.1, 0.15) is 0 Å². The lowest BCUT2D eigenvalue weighted by molar-refractivity contribution is 0.433. The minimum Gasteiger partial charge on any atom is -0.493 e. The highest BCUT2D eigenvalue weighted by Gasteiger charge is 2.22. The summed E-state index contributed by atoms with van der Waals surface area (Å²) in [6.45, 7) is 3.87. The molecule has 1 aliphatic carbocycles. The Morgan fingerprint density at radius 1 is 1.26 bits per heavy atom. The Morgan fingerprint density at radius 3 is 2.63 bits per heavy atom. The molecule has 1 saturated carbocycles. The summed E-state index contributed by atoms with van der Waals surface area (Å²) < 4.78 is 4.87. The summed E-state index contributed by atoms with van der Waals surface area (Å²) in [5.41, 5.74) is 3.81. The van der Waals surface area contributed by atoms with Crippen molar-refractivity contribution in [3.8, 4) is 28.9 Å². The number of aryl methyl sites for hydroxylation is 2. The predicted molar refractivity (Wildman–Crippen MR) is 105 cm³/mol. The van der Waals surface area contributed by atoms with E-state index in [0.717, 1.165) is 16.0 Å². The molecule has 0 aliphatic heterocycles. The second-order valence-corrected chi connectivity index (χ2v) is 7.57. The molecular formula is C20H19N5OS. The van der Waals surface area contributed by atoms with E-state index in [2.05, 4.69) is 20.9 Å². The predicted octanol–water partition coefficient (Wildman–Crippen LogP) is 3.89. The van der Waals surface area contributed by atoms with Gasteiger partial charge >= 0.3 is 0 Å². The summed E-state index contributed by atoms with van der Waals surface area (Å²) in [7, 11) is 0. The van der Waals surface area contributed by atoms with Gasteiger partial charge in [0.25, 0.3) is 0 Å². The Kier molecular flexibility index (Phi) is 4.60. The SMILES string of the molecule is Cc1cc(-n2nc(C)c(-c3ccc(C#N)cc3)c2O)ncc1SNC1CC1. The van der Waals surface area contributed by atoms with E-state index in [1.54, 1.807) is 24.1 Å². The highest BCUT2D eigenvalue weighted by Crippen LogP contribution is 2.34. The van der Waals surface area contributed by atoms with Crippen LogP contribution in [0, 0.1) is 25.2 Å². The number of rotatable bonds is 5. The van der Waals surface area contributed by atoms with Gasteiger partial charge < -0.3 is 5.11 Å². The second kappa shape index (κ2) is 7.06. The van der Waals surface area contributed by atoms with Crippen molar-refractivity contribution in [3.63, 3.8) is 0 Å². The van der Waals surface area contributed by atoms with Crippen LogP contribution in [0.2, 0.25) is 0 Å². The standard InChI is InChI=1S/C20H19N5OS/c1-12-9-18(22-11-17(12)27-24-16-7-8-16)25-20(26)19(13(2)23-25)15-5-3-14(10-21)4-6-15/h3-6,9,11,16,24,26H,7-8H2,1-2H3. The molecule has 0 spiro atoms. The molecule has 0 saturated heterocycles. The minimum absolute atomic E-state index is 0.0422. The third-order valence-corrected chi connectivity index (χ3v) is 5.62. The van der Waals surface area contributed by atoms with Crippen LogP contribution in [0.3, 0.4) is 0 Å². The summed E-state index contributed by atoms with van der Waals surface area (Å²) in [6.07, 6.45) is 4.27. The molecule has 1 aliphatic rings. The van der Waals surface area contributed by atoms with Gasteiger partial charge in [-0.25, -0.2) is 4.98 Å². The van der Waals surface area contributed by atoms with Crippen LogP contribution in [0.4, 0.5) is 0 Å². The first kappa shape index (κ1) is 17.6. The molecule has 0 bridgehead atoms. The number of benzene rings is 1. The Balaban J connectivity index is 1.66. The third kappa shape index (κ3) is 3.54. The molecule has 3 aromatic rings. The van der Waals surface area contributed by atoms with Crippen LogP contribution in [0.5, 0.6) is 5.88 Å². The maximum atomic E-state index is 10.8. The molecule has 2 N–H and O–H groups in total. The van der Waals surface area contributed by atoms with Crippen molar-refractivity contribution in [2.75, 3.05) is 0 Å². The van der Waals surface area contributed by atoms with Crippen molar-refractivity contribution < 1.29 is 5.11 Å². The van der Waals surface area contributed by atoms with E-state index in [1.807, 2.05) is 38.2 Å². The summed E-state index contributed by atoms with van der Waals surface area (Å²) in [4.78, 5) is 5.55. The lowest BCUT2D eigenvalue weighted by Gasteiger charge is -2.09. The minimum atomic E-state index is 0.0422. The van der Waals surface area contributed by atoms with Gasteiger partial charge in [-0.15, -0.1) is 0 Å². The molecule has 0 radical (unpaired) electrons. The number of hydrogen-bond donors (Lipinski definition) is 2. The summed E-state index contributed by atoms with van der Waals surface area (Å²) in [6, 6.07) is 11.7. The molecule has 0 unspecified atom stereocenters. The lowest BCUT2D eigenvalue weighted by atomic mass is 10.0. The van der Waals surface area contributed by atoms with Gasteiger partial charge in [-0.05, 0) is 68.0 Å². The Hall–Kier alpha value is -2.82. The van der Waals surface area contributed by atoms with Crippen LogP contribution >= 0.6 is 11.9 Å². The number of aromatic hydroxyl groups is 1. The molecule has 136 valence electrons. The van der Waals surface area contributed by atoms with E-state index in [0.29, 0.717) is 28.7 Å². The number of nitrogens with zero attached hydrogens (tertiary/aromatic N) is 4. The van der Waals surface area contributed by atoms with Gasteiger partial charge in [0.15, 0.2) is 5.82 Å². The van der Waals surface area contributed by atoms with Crippen molar-refractivity contribution in [3.05, 3.63) is 53.3 Å². The van der Waals surface area contributed by atoms with Crippen LogP contribution in [0.1, 0.15) is 29.7 Å². The molecule has 4 rings (SSSR count). The molecular weight excluding hydrogens is 358 g/mol. The zero-order chi connectivity index (χ0) is 19.0. The normalized spacial score (nSPS) is 13.5. The highest BCUT2D eigenvalue weighted by molar-refractivity contribution is 7.97. The van der Waals surface area contributed by atoms with Crippen molar-refractivity contribution in [2.24, 2.45) is 0 Å². The van der Waals surface area contributed by atoms with Gasteiger partial charge in [0.2, 0.25) is 5.88 Å². The van der Waals surface area contributed by atoms with Crippen molar-refractivity contribution >= 4 is 11.9 Å². The summed E-state index contributed by atoms with van der Waals surface area (Å²) >= 11 is 1.60. The fraction of sp³-hybridized carbons (Fsp3) is 0.250. The van der Waals surface area contributed by atoms with Crippen LogP contribution in [-0.2, 0) is 0 Å². The maximum absolute atomic E-state index is 10.8. The largest absolute Gasteiger partial charge is 0.493 e. The molecule has 27 heavy (non-hydrogen) atoms. The fourth-order valence-electron chi connectivity index (χ4n) is 2.82. The first-order valence-corrected chi connectivity index (χ1v) is 9.57. The molecule has 6 nitrogen and oxygen atoms in total. The van der Waals surface area contributed by atoms with Gasteiger partial charge in [0, 0.05) is 17.1 Å². The number of pyridine rings is 1. The van der Waals surface area contributed by atoms with Crippen LogP contribution < -0.4 is 4.72 Å². The van der Waals surface area contributed by atoms with Crippen molar-refractivity contribution in [1.82, 2.24) is 19.5 Å². The Morgan fingerprint density at radius 2 is 2.00 bits per heavy atom. The number of nitriles is 1. The van der Waals surface area contributed by atoms with Crippen LogP contribution in [-0.4, -0.2) is 25.9 Å². The van der Waals surface area contributed by atoms with Crippen LogP contribution in [0.25, 0.3) is 16.9 Å². The Bertz CT molecular complexity index is 1030. The van der Waals surface area contributed by atoms with Gasteiger partial charge in [-0.1, -0.05) is 12.1 Å². The van der Waals surface area contributed by atoms with Gasteiger partial charge in [0.05, 0.1) is 22.9 Å². The zero-order valence-electron chi connectivity index (χ0n) is 15.1. The maximum Gasteiger partial charge on any atom is 0.223 e. The quantitative estimate of drug-likeness (QED) is 0.656. The van der Waals surface area contributed by atoms with E-state index in [1.165, 1.54) is 17.5 Å². The topological polar surface area (TPSA) is 86.8 Å². The number of nitrogens with one attached hydrogen (secondary N) is 1. The van der Waals surface area contributed by atoms with Gasteiger partial charge in [-0.3, -0.25) is 4.72 Å². The number of hydrogen-bond acceptors (Lipinski definition) is 6. The molecule has 2 heterocycles. The first-order valence-electron chi connectivity index (χ1n) is 8.75. The number of aromatic nitrogens is 3. The second-order valence-electron chi connectivity index (χ2n) is 6.69. The first-order chi connectivity index (χ1) is 13.1. The van der Waals surface area contributed by atoms with E-state index in [9.17, 15) is 5.11 Å². The molecule has 7 heteroatoms. The monoisotopic (exact) mass is 377 g/mol. The van der Waals surface area contributed by atoms with Crippen molar-refractivity contribution in [1.29, 1.82) is 5.26 Å².